The number of aryl methyl sites for hydroxylation is 1. The van der Waals surface area contributed by atoms with Crippen molar-refractivity contribution in [1.29, 1.82) is 0 Å². The van der Waals surface area contributed by atoms with E-state index in [4.69, 9.17) is 4.74 Å². The highest BCUT2D eigenvalue weighted by molar-refractivity contribution is 5.95. The zero-order valence-electron chi connectivity index (χ0n) is 11.1. The van der Waals surface area contributed by atoms with Gasteiger partial charge in [0, 0.05) is 12.0 Å². The van der Waals surface area contributed by atoms with Crippen LogP contribution in [0.3, 0.4) is 0 Å². The van der Waals surface area contributed by atoms with Crippen molar-refractivity contribution in [2.45, 2.75) is 19.3 Å². The monoisotopic (exact) mass is 254 g/mol. The maximum absolute atomic E-state index is 12.0. The van der Waals surface area contributed by atoms with Gasteiger partial charge in [0.05, 0.1) is 7.11 Å². The Morgan fingerprint density at radius 2 is 1.68 bits per heavy atom. The van der Waals surface area contributed by atoms with Crippen LogP contribution in [0.4, 0.5) is 0 Å². The topological polar surface area (TPSA) is 26.3 Å². The third-order valence-corrected chi connectivity index (χ3v) is 3.14. The smallest absolute Gasteiger partial charge is 0.162 e. The molecule has 0 aliphatic heterocycles. The number of methoxy groups -OCH3 is 1. The second-order valence-electron chi connectivity index (χ2n) is 4.45. The van der Waals surface area contributed by atoms with E-state index in [9.17, 15) is 4.79 Å². The summed E-state index contributed by atoms with van der Waals surface area (Å²) in [4.78, 5) is 12.0. The van der Waals surface area contributed by atoms with E-state index in [0.717, 1.165) is 29.7 Å². The summed E-state index contributed by atoms with van der Waals surface area (Å²) in [7, 11) is 1.67. The van der Waals surface area contributed by atoms with Crippen LogP contribution >= 0.6 is 0 Å². The molecule has 2 rings (SSSR count). The molecule has 98 valence electrons. The number of ketones is 1. The lowest BCUT2D eigenvalue weighted by atomic mass is 10.0. The SMILES string of the molecule is COc1ccccc1CCCC(=O)c1ccccc1. The Morgan fingerprint density at radius 3 is 2.42 bits per heavy atom. The van der Waals surface area contributed by atoms with Gasteiger partial charge < -0.3 is 4.74 Å². The summed E-state index contributed by atoms with van der Waals surface area (Å²) in [6.07, 6.45) is 2.28. The van der Waals surface area contributed by atoms with Gasteiger partial charge in [-0.25, -0.2) is 0 Å². The minimum absolute atomic E-state index is 0.204. The van der Waals surface area contributed by atoms with Crippen molar-refractivity contribution in [2.24, 2.45) is 0 Å². The van der Waals surface area contributed by atoms with Gasteiger partial charge >= 0.3 is 0 Å². The number of benzene rings is 2. The fraction of sp³-hybridized carbons (Fsp3) is 0.235. The van der Waals surface area contributed by atoms with Gasteiger partial charge in [-0.1, -0.05) is 48.5 Å². The summed E-state index contributed by atoms with van der Waals surface area (Å²) in [5.74, 6) is 1.10. The van der Waals surface area contributed by atoms with Crippen molar-refractivity contribution < 1.29 is 9.53 Å². The van der Waals surface area contributed by atoms with Crippen LogP contribution in [-0.4, -0.2) is 12.9 Å². The molecule has 0 saturated carbocycles. The molecule has 2 aromatic rings. The third-order valence-electron chi connectivity index (χ3n) is 3.14. The average Bonchev–Trinajstić information content (AvgIpc) is 2.48. The number of carbonyl (C=O) groups is 1. The standard InChI is InChI=1S/C17H18O2/c1-19-17-13-6-5-10-15(17)11-7-12-16(18)14-8-3-2-4-9-14/h2-6,8-10,13H,7,11-12H2,1H3. The summed E-state index contributed by atoms with van der Waals surface area (Å²) in [6.45, 7) is 0. The summed E-state index contributed by atoms with van der Waals surface area (Å²) < 4.78 is 5.30. The number of rotatable bonds is 6. The molecule has 0 fully saturated rings. The molecule has 0 radical (unpaired) electrons. The van der Waals surface area contributed by atoms with Crippen LogP contribution in [0.25, 0.3) is 0 Å². The van der Waals surface area contributed by atoms with E-state index in [2.05, 4.69) is 0 Å². The van der Waals surface area contributed by atoms with Crippen molar-refractivity contribution in [3.8, 4) is 5.75 Å². The largest absolute Gasteiger partial charge is 0.496 e. The first-order chi connectivity index (χ1) is 9.31. The molecule has 2 nitrogen and oxygen atoms in total. The normalized spacial score (nSPS) is 10.2. The van der Waals surface area contributed by atoms with Gasteiger partial charge in [0.25, 0.3) is 0 Å². The molecule has 19 heavy (non-hydrogen) atoms. The minimum atomic E-state index is 0.204. The molecule has 0 heterocycles. The van der Waals surface area contributed by atoms with Crippen LogP contribution in [-0.2, 0) is 6.42 Å². The highest BCUT2D eigenvalue weighted by Gasteiger charge is 2.06. The lowest BCUT2D eigenvalue weighted by Crippen LogP contribution is -2.00. The number of carbonyl (C=O) groups excluding carboxylic acids is 1. The fourth-order valence-electron chi connectivity index (χ4n) is 2.12. The summed E-state index contributed by atoms with van der Waals surface area (Å²) in [5, 5.41) is 0. The molecule has 0 saturated heterocycles. The van der Waals surface area contributed by atoms with E-state index < -0.39 is 0 Å². The zero-order valence-corrected chi connectivity index (χ0v) is 11.1. The molecule has 0 amide bonds. The van der Waals surface area contributed by atoms with Crippen LogP contribution in [0.1, 0.15) is 28.8 Å². The summed E-state index contributed by atoms with van der Waals surface area (Å²) >= 11 is 0. The van der Waals surface area contributed by atoms with Gasteiger partial charge in [0.2, 0.25) is 0 Å². The van der Waals surface area contributed by atoms with Crippen molar-refractivity contribution in [2.75, 3.05) is 7.11 Å². The highest BCUT2D eigenvalue weighted by Crippen LogP contribution is 2.19. The summed E-state index contributed by atoms with van der Waals surface area (Å²) in [5.41, 5.74) is 1.95. The van der Waals surface area contributed by atoms with Crippen molar-refractivity contribution in [1.82, 2.24) is 0 Å². The minimum Gasteiger partial charge on any atom is -0.496 e. The van der Waals surface area contributed by atoms with Gasteiger partial charge in [-0.3, -0.25) is 4.79 Å². The second-order valence-corrected chi connectivity index (χ2v) is 4.45. The Morgan fingerprint density at radius 1 is 1.00 bits per heavy atom. The third kappa shape index (κ3) is 3.68. The van der Waals surface area contributed by atoms with E-state index in [1.807, 2.05) is 54.6 Å². The van der Waals surface area contributed by atoms with E-state index in [0.29, 0.717) is 6.42 Å². The predicted molar refractivity (Wildman–Crippen MR) is 76.7 cm³/mol. The maximum Gasteiger partial charge on any atom is 0.162 e. The van der Waals surface area contributed by atoms with E-state index in [1.165, 1.54) is 0 Å². The fourth-order valence-corrected chi connectivity index (χ4v) is 2.12. The average molecular weight is 254 g/mol. The van der Waals surface area contributed by atoms with Crippen molar-refractivity contribution in [3.05, 3.63) is 65.7 Å². The molecular weight excluding hydrogens is 236 g/mol. The number of Topliss-reactive ketones (excluding diaryl/α,β-unsaturated/α-hetero) is 1. The molecule has 0 atom stereocenters. The molecule has 0 N–H and O–H groups in total. The Kier molecular flexibility index (Phi) is 4.73. The van der Waals surface area contributed by atoms with Crippen LogP contribution in [0.5, 0.6) is 5.75 Å². The van der Waals surface area contributed by atoms with E-state index in [1.54, 1.807) is 7.11 Å². The molecular formula is C17H18O2. The molecule has 0 aromatic heterocycles. The van der Waals surface area contributed by atoms with Crippen LogP contribution in [0.2, 0.25) is 0 Å². The van der Waals surface area contributed by atoms with Gasteiger partial charge in [0.15, 0.2) is 5.78 Å². The molecule has 0 aliphatic rings. The van der Waals surface area contributed by atoms with Gasteiger partial charge in [-0.15, -0.1) is 0 Å². The first-order valence-corrected chi connectivity index (χ1v) is 6.51. The summed E-state index contributed by atoms with van der Waals surface area (Å²) in [6, 6.07) is 17.4. The molecule has 2 aromatic carbocycles. The molecule has 2 heteroatoms. The maximum atomic E-state index is 12.0. The number of para-hydroxylation sites is 1. The lowest BCUT2D eigenvalue weighted by Gasteiger charge is -2.07. The van der Waals surface area contributed by atoms with Gasteiger partial charge in [0.1, 0.15) is 5.75 Å². The number of hydrogen-bond acceptors (Lipinski definition) is 2. The predicted octanol–water partition coefficient (Wildman–Crippen LogP) is 3.90. The van der Waals surface area contributed by atoms with Crippen LogP contribution in [0.15, 0.2) is 54.6 Å². The van der Waals surface area contributed by atoms with Gasteiger partial charge in [-0.2, -0.15) is 0 Å². The van der Waals surface area contributed by atoms with Crippen molar-refractivity contribution >= 4 is 5.78 Å². The van der Waals surface area contributed by atoms with Gasteiger partial charge in [-0.05, 0) is 24.5 Å². The molecule has 0 spiro atoms. The first kappa shape index (κ1) is 13.3. The zero-order chi connectivity index (χ0) is 13.5. The number of ether oxygens (including phenoxy) is 1. The highest BCUT2D eigenvalue weighted by atomic mass is 16.5. The number of hydrogen-bond donors (Lipinski definition) is 0. The molecule has 0 bridgehead atoms. The Labute approximate surface area is 114 Å². The first-order valence-electron chi connectivity index (χ1n) is 6.51. The Balaban J connectivity index is 1.88. The van der Waals surface area contributed by atoms with Crippen LogP contribution in [0, 0.1) is 0 Å². The van der Waals surface area contributed by atoms with E-state index in [-0.39, 0.29) is 5.78 Å². The van der Waals surface area contributed by atoms with E-state index >= 15 is 0 Å². The quantitative estimate of drug-likeness (QED) is 0.731. The Bertz CT molecular complexity index is 532. The molecule has 0 unspecified atom stereocenters. The Hall–Kier alpha value is -2.09. The molecule has 0 aliphatic carbocycles. The lowest BCUT2D eigenvalue weighted by molar-refractivity contribution is 0.0980. The second kappa shape index (κ2) is 6.74. The van der Waals surface area contributed by atoms with Crippen LogP contribution < -0.4 is 4.74 Å². The van der Waals surface area contributed by atoms with Crippen molar-refractivity contribution in [3.63, 3.8) is 0 Å².